The van der Waals surface area contributed by atoms with Crippen molar-refractivity contribution in [2.45, 2.75) is 38.5 Å². The Morgan fingerprint density at radius 1 is 0.457 bits per heavy atom. The van der Waals surface area contributed by atoms with E-state index in [1.807, 2.05) is 12.1 Å². The van der Waals surface area contributed by atoms with Gasteiger partial charge in [0.15, 0.2) is 0 Å². The van der Waals surface area contributed by atoms with Crippen molar-refractivity contribution in [1.82, 2.24) is 0 Å². The normalized spacial score (nSPS) is 19.0. The maximum Gasteiger partial charge on any atom is 0.138 e. The number of hydrogen-bond acceptors (Lipinski definition) is 2. The Morgan fingerprint density at radius 3 is 1.11 bits per heavy atom. The third-order valence-corrected chi connectivity index (χ3v) is 6.88. The van der Waals surface area contributed by atoms with E-state index in [0.29, 0.717) is 13.2 Å². The molecule has 0 amide bonds. The van der Waals surface area contributed by atoms with Gasteiger partial charge in [-0.05, 0) is 11.1 Å². The molecular formula is C32H34NO2+. The molecule has 3 nitrogen and oxygen atoms in total. The van der Waals surface area contributed by atoms with Crippen LogP contribution in [0.5, 0.6) is 0 Å². The molecule has 0 unspecified atom stereocenters. The molecule has 2 atom stereocenters. The largest absolute Gasteiger partial charge is 0.365 e. The van der Waals surface area contributed by atoms with Gasteiger partial charge in [-0.1, -0.05) is 121 Å². The summed E-state index contributed by atoms with van der Waals surface area (Å²) in [4.78, 5) is 0. The summed E-state index contributed by atoms with van der Waals surface area (Å²) < 4.78 is 14.1. The van der Waals surface area contributed by atoms with Crippen molar-refractivity contribution in [3.63, 3.8) is 0 Å². The van der Waals surface area contributed by atoms with Gasteiger partial charge in [0.05, 0.1) is 13.2 Å². The molecule has 35 heavy (non-hydrogen) atoms. The molecule has 0 saturated carbocycles. The SMILES string of the molecule is c1ccc(CO[C@H]2C[N+](Cc3ccccc3)(Cc3ccccc3)C[C@@H]2OCc2ccccc2)cc1. The molecule has 3 heteroatoms. The second-order valence-corrected chi connectivity index (χ2v) is 9.66. The van der Waals surface area contributed by atoms with Gasteiger partial charge in [0.1, 0.15) is 38.4 Å². The van der Waals surface area contributed by atoms with Crippen LogP contribution in [0.25, 0.3) is 0 Å². The van der Waals surface area contributed by atoms with Crippen molar-refractivity contribution in [3.05, 3.63) is 144 Å². The van der Waals surface area contributed by atoms with E-state index in [4.69, 9.17) is 9.47 Å². The Balaban J connectivity index is 1.39. The molecule has 1 fully saturated rings. The van der Waals surface area contributed by atoms with E-state index in [1.54, 1.807) is 0 Å². The quantitative estimate of drug-likeness (QED) is 0.253. The van der Waals surface area contributed by atoms with Crippen LogP contribution in [-0.2, 0) is 35.8 Å². The summed E-state index contributed by atoms with van der Waals surface area (Å²) in [5.74, 6) is 0. The number of nitrogens with zero attached hydrogens (tertiary/aromatic N) is 1. The molecule has 1 heterocycles. The fourth-order valence-corrected chi connectivity index (χ4v) is 5.20. The minimum atomic E-state index is 0.0337. The van der Waals surface area contributed by atoms with Gasteiger partial charge in [0.25, 0.3) is 0 Å². The van der Waals surface area contributed by atoms with Crippen LogP contribution < -0.4 is 0 Å². The van der Waals surface area contributed by atoms with E-state index >= 15 is 0 Å². The molecule has 0 aliphatic carbocycles. The highest BCUT2D eigenvalue weighted by molar-refractivity contribution is 5.17. The van der Waals surface area contributed by atoms with Crippen LogP contribution in [0.1, 0.15) is 22.3 Å². The topological polar surface area (TPSA) is 18.5 Å². The van der Waals surface area contributed by atoms with Gasteiger partial charge in [-0.3, -0.25) is 0 Å². The van der Waals surface area contributed by atoms with Crippen LogP contribution in [0.2, 0.25) is 0 Å². The molecular weight excluding hydrogens is 430 g/mol. The van der Waals surface area contributed by atoms with Crippen molar-refractivity contribution in [3.8, 4) is 0 Å². The number of ether oxygens (including phenoxy) is 2. The minimum absolute atomic E-state index is 0.0337. The molecule has 1 aliphatic rings. The summed E-state index contributed by atoms with van der Waals surface area (Å²) in [6.07, 6.45) is 0.0673. The van der Waals surface area contributed by atoms with Crippen molar-refractivity contribution in [2.24, 2.45) is 0 Å². The second kappa shape index (κ2) is 11.5. The van der Waals surface area contributed by atoms with E-state index in [0.717, 1.165) is 30.7 Å². The van der Waals surface area contributed by atoms with Gasteiger partial charge in [-0.2, -0.15) is 0 Å². The van der Waals surface area contributed by atoms with Gasteiger partial charge in [-0.15, -0.1) is 0 Å². The third-order valence-electron chi connectivity index (χ3n) is 6.88. The smallest absolute Gasteiger partial charge is 0.138 e. The fourth-order valence-electron chi connectivity index (χ4n) is 5.20. The summed E-state index contributed by atoms with van der Waals surface area (Å²) >= 11 is 0. The highest BCUT2D eigenvalue weighted by Crippen LogP contribution is 2.31. The van der Waals surface area contributed by atoms with E-state index in [2.05, 4.69) is 109 Å². The first kappa shape index (κ1) is 23.5. The predicted octanol–water partition coefficient (Wildman–Crippen LogP) is 6.39. The lowest BCUT2D eigenvalue weighted by Crippen LogP contribution is -2.45. The Morgan fingerprint density at radius 2 is 0.771 bits per heavy atom. The molecule has 5 rings (SSSR count). The molecule has 4 aromatic carbocycles. The number of rotatable bonds is 10. The van der Waals surface area contributed by atoms with Gasteiger partial charge in [0.2, 0.25) is 0 Å². The van der Waals surface area contributed by atoms with Gasteiger partial charge in [0, 0.05) is 11.1 Å². The van der Waals surface area contributed by atoms with Gasteiger partial charge < -0.3 is 14.0 Å². The zero-order valence-electron chi connectivity index (χ0n) is 20.2. The van der Waals surface area contributed by atoms with Crippen LogP contribution in [0, 0.1) is 0 Å². The molecule has 0 radical (unpaired) electrons. The summed E-state index contributed by atoms with van der Waals surface area (Å²) in [6, 6.07) is 42.6. The monoisotopic (exact) mass is 464 g/mol. The molecule has 0 aromatic heterocycles. The first-order chi connectivity index (χ1) is 17.3. The van der Waals surface area contributed by atoms with Crippen LogP contribution in [-0.4, -0.2) is 29.8 Å². The van der Waals surface area contributed by atoms with Crippen LogP contribution in [0.4, 0.5) is 0 Å². The van der Waals surface area contributed by atoms with Crippen LogP contribution in [0.15, 0.2) is 121 Å². The van der Waals surface area contributed by atoms with Crippen molar-refractivity contribution in [2.75, 3.05) is 13.1 Å². The number of quaternary nitrogens is 1. The zero-order valence-corrected chi connectivity index (χ0v) is 20.2. The molecule has 0 bridgehead atoms. The minimum Gasteiger partial charge on any atom is -0.365 e. The average molecular weight is 465 g/mol. The molecule has 0 spiro atoms. The maximum atomic E-state index is 6.58. The van der Waals surface area contributed by atoms with Gasteiger partial charge >= 0.3 is 0 Å². The van der Waals surface area contributed by atoms with E-state index in [1.165, 1.54) is 22.3 Å². The second-order valence-electron chi connectivity index (χ2n) is 9.66. The predicted molar refractivity (Wildman–Crippen MR) is 140 cm³/mol. The molecule has 0 N–H and O–H groups in total. The number of likely N-dealkylation sites (tertiary alicyclic amines) is 1. The maximum absolute atomic E-state index is 6.58. The Hall–Kier alpha value is -3.24. The van der Waals surface area contributed by atoms with Crippen molar-refractivity contribution in [1.29, 1.82) is 0 Å². The lowest BCUT2D eigenvalue weighted by Gasteiger charge is -2.35. The Labute approximate surface area is 209 Å². The standard InChI is InChI=1S/C32H34NO2/c1-5-13-27(14-6-1)21-33(22-28-15-7-2-8-16-28)23-31(34-25-29-17-9-3-10-18-29)32(24-33)35-26-30-19-11-4-12-20-30/h1-20,31-32H,21-26H2/q+1/t31-,32-/m0/s1. The van der Waals surface area contributed by atoms with E-state index in [9.17, 15) is 0 Å². The summed E-state index contributed by atoms with van der Waals surface area (Å²) in [5, 5.41) is 0. The third kappa shape index (κ3) is 6.46. The van der Waals surface area contributed by atoms with Gasteiger partial charge in [-0.25, -0.2) is 0 Å². The Kier molecular flexibility index (Phi) is 7.69. The van der Waals surface area contributed by atoms with E-state index < -0.39 is 0 Å². The summed E-state index contributed by atoms with van der Waals surface area (Å²) in [7, 11) is 0. The highest BCUT2D eigenvalue weighted by atomic mass is 16.5. The molecule has 1 aliphatic heterocycles. The van der Waals surface area contributed by atoms with Crippen LogP contribution >= 0.6 is 0 Å². The fraction of sp³-hybridized carbons (Fsp3) is 0.250. The van der Waals surface area contributed by atoms with Crippen molar-refractivity contribution < 1.29 is 14.0 Å². The lowest BCUT2D eigenvalue weighted by atomic mass is 10.1. The lowest BCUT2D eigenvalue weighted by molar-refractivity contribution is -0.944. The summed E-state index contributed by atoms with van der Waals surface area (Å²) in [5.41, 5.74) is 5.11. The number of benzene rings is 4. The van der Waals surface area contributed by atoms with Crippen LogP contribution in [0.3, 0.4) is 0 Å². The highest BCUT2D eigenvalue weighted by Gasteiger charge is 2.47. The zero-order chi connectivity index (χ0) is 23.8. The molecule has 4 aromatic rings. The average Bonchev–Trinajstić information content (AvgIpc) is 3.25. The molecule has 1 saturated heterocycles. The Bertz CT molecular complexity index is 1050. The van der Waals surface area contributed by atoms with Crippen molar-refractivity contribution >= 4 is 0 Å². The first-order valence-corrected chi connectivity index (χ1v) is 12.5. The molecule has 178 valence electrons. The summed E-state index contributed by atoms with van der Waals surface area (Å²) in [6.45, 7) is 4.99. The first-order valence-electron chi connectivity index (χ1n) is 12.5. The van der Waals surface area contributed by atoms with E-state index in [-0.39, 0.29) is 12.2 Å². The number of hydrogen-bond donors (Lipinski definition) is 0.